The van der Waals surface area contributed by atoms with E-state index in [-0.39, 0.29) is 51.3 Å². The van der Waals surface area contributed by atoms with Crippen LogP contribution in [0.25, 0.3) is 0 Å². The number of hydrogen-bond acceptors (Lipinski definition) is 15. The topological polar surface area (TPSA) is 244 Å². The molecule has 1 aliphatic heterocycles. The molecule has 1 saturated heterocycles. The van der Waals surface area contributed by atoms with Gasteiger partial charge in [-0.2, -0.15) is 0 Å². The quantitative estimate of drug-likeness (QED) is 0.0516. The van der Waals surface area contributed by atoms with Crippen LogP contribution in [0.1, 0.15) is 27.2 Å². The van der Waals surface area contributed by atoms with Crippen LogP contribution in [-0.2, 0) is 42.7 Å². The van der Waals surface area contributed by atoms with Gasteiger partial charge in [-0.1, -0.05) is 6.92 Å². The van der Waals surface area contributed by atoms with Crippen molar-refractivity contribution in [3.63, 3.8) is 0 Å². The van der Waals surface area contributed by atoms with Crippen LogP contribution in [0.3, 0.4) is 0 Å². The highest BCUT2D eigenvalue weighted by Gasteiger charge is 2.46. The van der Waals surface area contributed by atoms with Gasteiger partial charge in [-0.05, 0) is 6.42 Å². The minimum atomic E-state index is -1.38. The number of hydrogen-bond donors (Lipinski definition) is 8. The van der Waals surface area contributed by atoms with Gasteiger partial charge in [0.25, 0.3) is 0 Å². The molecule has 2 aliphatic rings. The van der Waals surface area contributed by atoms with Crippen molar-refractivity contribution in [3.05, 3.63) is 0 Å². The average molecular weight is 671 g/mol. The maximum atomic E-state index is 11.5. The summed E-state index contributed by atoms with van der Waals surface area (Å²) in [7, 11) is 0. The number of aliphatic hydroxyl groups is 6. The lowest BCUT2D eigenvalue weighted by atomic mass is 9.79. The molecule has 0 bridgehead atoms. The van der Waals surface area contributed by atoms with Crippen molar-refractivity contribution in [2.45, 2.75) is 82.2 Å². The molecule has 2 rings (SSSR count). The van der Waals surface area contributed by atoms with E-state index < -0.39 is 73.4 Å². The first-order valence-corrected chi connectivity index (χ1v) is 15.7. The van der Waals surface area contributed by atoms with Crippen LogP contribution in [0, 0.1) is 11.8 Å². The third kappa shape index (κ3) is 13.9. The molecule has 1 saturated carbocycles. The predicted octanol–water partition coefficient (Wildman–Crippen LogP) is -3.73. The molecule has 0 radical (unpaired) electrons. The van der Waals surface area contributed by atoms with Crippen LogP contribution in [-0.4, -0.2) is 177 Å². The Morgan fingerprint density at radius 1 is 0.696 bits per heavy atom. The highest BCUT2D eigenvalue weighted by atomic mass is 16.7. The monoisotopic (exact) mass is 670 g/mol. The number of aliphatic hydroxyl groups excluding tert-OH is 6. The Morgan fingerprint density at radius 2 is 1.20 bits per heavy atom. The molecule has 5 unspecified atom stereocenters. The molecule has 0 aromatic heterocycles. The van der Waals surface area contributed by atoms with E-state index in [4.69, 9.17) is 33.2 Å². The first-order chi connectivity index (χ1) is 22.0. The van der Waals surface area contributed by atoms with Crippen LogP contribution in [0.15, 0.2) is 0 Å². The first kappa shape index (κ1) is 40.6. The minimum absolute atomic E-state index is 0.0791. The van der Waals surface area contributed by atoms with Crippen molar-refractivity contribution in [1.29, 1.82) is 0 Å². The van der Waals surface area contributed by atoms with Gasteiger partial charge in [-0.3, -0.25) is 9.59 Å². The van der Waals surface area contributed by atoms with Gasteiger partial charge < -0.3 is 74.4 Å². The Morgan fingerprint density at radius 3 is 1.74 bits per heavy atom. The fourth-order valence-corrected chi connectivity index (χ4v) is 5.21. The van der Waals surface area contributed by atoms with E-state index in [1.807, 2.05) is 6.92 Å². The Hall–Kier alpha value is -1.58. The molecule has 0 aromatic carbocycles. The van der Waals surface area contributed by atoms with E-state index in [9.17, 15) is 40.2 Å². The van der Waals surface area contributed by atoms with Crippen LogP contribution in [0.2, 0.25) is 0 Å². The van der Waals surface area contributed by atoms with E-state index in [1.54, 1.807) is 0 Å². The molecule has 1 heterocycles. The summed E-state index contributed by atoms with van der Waals surface area (Å²) < 4.78 is 39.1. The highest BCUT2D eigenvalue weighted by Crippen LogP contribution is 2.28. The summed E-state index contributed by atoms with van der Waals surface area (Å²) in [4.78, 5) is 23.0. The maximum Gasteiger partial charge on any atom is 0.217 e. The lowest BCUT2D eigenvalue weighted by Gasteiger charge is -2.42. The molecule has 8 N–H and O–H groups in total. The Labute approximate surface area is 269 Å². The summed E-state index contributed by atoms with van der Waals surface area (Å²) in [5.74, 6) is -1.22. The molecule has 11 atom stereocenters. The summed E-state index contributed by atoms with van der Waals surface area (Å²) in [5, 5.41) is 64.8. The second-order valence-electron chi connectivity index (χ2n) is 11.6. The number of carbonyl (C=O) groups excluding carboxylic acids is 2. The molecule has 2 fully saturated rings. The van der Waals surface area contributed by atoms with Crippen molar-refractivity contribution in [2.24, 2.45) is 11.8 Å². The Kier molecular flexibility index (Phi) is 19.5. The summed E-state index contributed by atoms with van der Waals surface area (Å²) >= 11 is 0. The van der Waals surface area contributed by atoms with Gasteiger partial charge in [0.2, 0.25) is 11.8 Å². The third-order valence-electron chi connectivity index (χ3n) is 7.61. The summed E-state index contributed by atoms with van der Waals surface area (Å²) in [6.45, 7) is 6.73. The zero-order chi connectivity index (χ0) is 34.1. The summed E-state index contributed by atoms with van der Waals surface area (Å²) in [6, 6.07) is -1.80. The zero-order valence-corrected chi connectivity index (χ0v) is 26.9. The van der Waals surface area contributed by atoms with Crippen molar-refractivity contribution in [2.75, 3.05) is 79.3 Å². The number of amides is 2. The molecular formula is C29H54N2O15. The fraction of sp³-hybridized carbons (Fsp3) is 0.931. The molecule has 0 spiro atoms. The molecule has 1 aliphatic carbocycles. The highest BCUT2D eigenvalue weighted by molar-refractivity contribution is 5.73. The van der Waals surface area contributed by atoms with E-state index in [1.165, 1.54) is 13.8 Å². The van der Waals surface area contributed by atoms with E-state index in [0.717, 1.165) is 0 Å². The molecule has 46 heavy (non-hydrogen) atoms. The maximum absolute atomic E-state index is 11.5. The molecular weight excluding hydrogens is 616 g/mol. The van der Waals surface area contributed by atoms with Crippen molar-refractivity contribution in [3.8, 4) is 0 Å². The first-order valence-electron chi connectivity index (χ1n) is 15.7. The van der Waals surface area contributed by atoms with E-state index in [2.05, 4.69) is 10.6 Å². The van der Waals surface area contributed by atoms with Crippen molar-refractivity contribution >= 4 is 11.8 Å². The number of nitrogens with one attached hydrogen (secondary N) is 2. The smallest absolute Gasteiger partial charge is 0.217 e. The third-order valence-corrected chi connectivity index (χ3v) is 7.61. The predicted molar refractivity (Wildman–Crippen MR) is 158 cm³/mol. The second kappa shape index (κ2) is 22.1. The Balaban J connectivity index is 1.48. The van der Waals surface area contributed by atoms with Gasteiger partial charge in [-0.25, -0.2) is 0 Å². The van der Waals surface area contributed by atoms with Crippen molar-refractivity contribution in [1.82, 2.24) is 10.6 Å². The zero-order valence-electron chi connectivity index (χ0n) is 26.9. The van der Waals surface area contributed by atoms with Crippen LogP contribution >= 0.6 is 0 Å². The van der Waals surface area contributed by atoms with Gasteiger partial charge in [0.15, 0.2) is 6.29 Å². The van der Waals surface area contributed by atoms with E-state index in [0.29, 0.717) is 39.6 Å². The van der Waals surface area contributed by atoms with Crippen LogP contribution < -0.4 is 10.6 Å². The van der Waals surface area contributed by atoms with Crippen LogP contribution in [0.4, 0.5) is 0 Å². The molecule has 0 aromatic rings. The van der Waals surface area contributed by atoms with E-state index >= 15 is 0 Å². The lowest BCUT2D eigenvalue weighted by molar-refractivity contribution is -0.272. The molecule has 17 heteroatoms. The fourth-order valence-electron chi connectivity index (χ4n) is 5.21. The normalized spacial score (nSPS) is 32.2. The molecule has 17 nitrogen and oxygen atoms in total. The van der Waals surface area contributed by atoms with Crippen LogP contribution in [0.5, 0.6) is 0 Å². The van der Waals surface area contributed by atoms with Gasteiger partial charge in [-0.15, -0.1) is 0 Å². The standard InChI is InChI=1S/C29H54N2O15/c1-17(15-42-6-4-40-8-10-44-21-12-20(13-32)25(36)27(38)23(21)30-18(2)34)16-43-7-5-41-9-11-45-29-24(31-19(3)35)28(39)26(37)22(14-33)46-29/h17,20-29,32-33,36-39H,4-16H2,1-3H3,(H,30,34)(H,31,35)/t17?,20?,21-,22?,23?,24?,25+,26+,27-,28-,29-/m1/s1. The van der Waals surface area contributed by atoms with Crippen molar-refractivity contribution < 1.29 is 73.4 Å². The van der Waals surface area contributed by atoms with Gasteiger partial charge >= 0.3 is 0 Å². The Bertz CT molecular complexity index is 791. The minimum Gasteiger partial charge on any atom is -0.396 e. The molecule has 270 valence electrons. The number of ether oxygens (including phenoxy) is 7. The average Bonchev–Trinajstić information content (AvgIpc) is 3.01. The SMILES string of the molecule is CC(=O)NC1[C@H](OCCOCCOCC(C)COCCOCCO[C@@H]2CC(CO)[C@H](O)[C@H](O)C2NC(C)=O)OC(CO)[C@H](O)[C@@H]1O. The van der Waals surface area contributed by atoms with Gasteiger partial charge in [0.05, 0.1) is 90.9 Å². The van der Waals surface area contributed by atoms with Gasteiger partial charge in [0.1, 0.15) is 30.5 Å². The largest absolute Gasteiger partial charge is 0.396 e. The molecule has 2 amide bonds. The lowest BCUT2D eigenvalue weighted by Crippen LogP contribution is -2.64. The summed E-state index contributed by atoms with van der Waals surface area (Å²) in [5.41, 5.74) is 0. The second-order valence-corrected chi connectivity index (χ2v) is 11.6. The number of rotatable bonds is 22. The van der Waals surface area contributed by atoms with Gasteiger partial charge in [0, 0.05) is 32.3 Å². The summed E-state index contributed by atoms with van der Waals surface area (Å²) in [6.07, 6.45) is -7.58. The number of carbonyl (C=O) groups is 2.